The highest BCUT2D eigenvalue weighted by molar-refractivity contribution is 5.94. The summed E-state index contributed by atoms with van der Waals surface area (Å²) in [6.45, 7) is 1.09. The standard InChI is InChI=1S/C22H25N5O3/c1-27-17(4-7-26-27)13-30-18-3-2-14-9-20(25-12-15(14)8-18)21(28)10-16-11-24-6-5-19(16)22(23)29/h2-8,11,20-21,25,28H,9-10,12-13H2,1H3,(H2,23,29)/t20-,21+/m0/s1. The van der Waals surface area contributed by atoms with Crippen molar-refractivity contribution in [1.29, 1.82) is 0 Å². The fraction of sp³-hybridized carbons (Fsp3) is 0.318. The van der Waals surface area contributed by atoms with Gasteiger partial charge >= 0.3 is 0 Å². The van der Waals surface area contributed by atoms with E-state index in [0.717, 1.165) is 17.0 Å². The lowest BCUT2D eigenvalue weighted by molar-refractivity contribution is 0.0995. The highest BCUT2D eigenvalue weighted by atomic mass is 16.5. The number of pyridine rings is 1. The molecule has 1 amide bonds. The average molecular weight is 407 g/mol. The second kappa shape index (κ2) is 8.64. The molecular weight excluding hydrogens is 382 g/mol. The molecule has 0 bridgehead atoms. The molecule has 2 atom stereocenters. The number of aliphatic hydroxyl groups is 1. The van der Waals surface area contributed by atoms with Gasteiger partial charge in [0.15, 0.2) is 0 Å². The first-order valence-electron chi connectivity index (χ1n) is 9.87. The van der Waals surface area contributed by atoms with Crippen molar-refractivity contribution >= 4 is 5.91 Å². The maximum absolute atomic E-state index is 11.6. The molecule has 4 N–H and O–H groups in total. The van der Waals surface area contributed by atoms with Crippen molar-refractivity contribution in [1.82, 2.24) is 20.1 Å². The van der Waals surface area contributed by atoms with Gasteiger partial charge in [-0.3, -0.25) is 14.5 Å². The van der Waals surface area contributed by atoms with E-state index < -0.39 is 12.0 Å². The SMILES string of the molecule is Cn1nccc1COc1ccc2c(c1)CN[C@H]([C@H](O)Cc1cnccc1C(N)=O)C2. The van der Waals surface area contributed by atoms with Gasteiger partial charge in [-0.15, -0.1) is 0 Å². The minimum absolute atomic E-state index is 0.125. The van der Waals surface area contributed by atoms with Gasteiger partial charge in [0.25, 0.3) is 0 Å². The first-order chi connectivity index (χ1) is 14.5. The van der Waals surface area contributed by atoms with E-state index in [1.54, 1.807) is 23.1 Å². The fourth-order valence-electron chi connectivity index (χ4n) is 3.78. The predicted molar refractivity (Wildman–Crippen MR) is 111 cm³/mol. The van der Waals surface area contributed by atoms with Crippen LogP contribution >= 0.6 is 0 Å². The molecule has 8 nitrogen and oxygen atoms in total. The molecule has 1 aromatic carbocycles. The molecule has 3 heterocycles. The zero-order valence-electron chi connectivity index (χ0n) is 16.8. The Kier molecular flexibility index (Phi) is 5.78. The van der Waals surface area contributed by atoms with Crippen LogP contribution in [0.1, 0.15) is 32.7 Å². The number of primary amides is 1. The first kappa shape index (κ1) is 20.1. The number of nitrogens with two attached hydrogens (primary N) is 1. The number of hydrogen-bond donors (Lipinski definition) is 3. The number of hydrogen-bond acceptors (Lipinski definition) is 6. The lowest BCUT2D eigenvalue weighted by Crippen LogP contribution is -2.45. The number of fused-ring (bicyclic) bond motifs is 1. The minimum Gasteiger partial charge on any atom is -0.487 e. The molecule has 8 heteroatoms. The Morgan fingerprint density at radius 3 is 2.97 bits per heavy atom. The third kappa shape index (κ3) is 4.34. The summed E-state index contributed by atoms with van der Waals surface area (Å²) < 4.78 is 7.69. The quantitative estimate of drug-likeness (QED) is 0.540. The van der Waals surface area contributed by atoms with Gasteiger partial charge in [0.1, 0.15) is 12.4 Å². The van der Waals surface area contributed by atoms with Gasteiger partial charge in [0.2, 0.25) is 5.91 Å². The van der Waals surface area contributed by atoms with Crippen LogP contribution in [0.3, 0.4) is 0 Å². The third-order valence-corrected chi connectivity index (χ3v) is 5.54. The summed E-state index contributed by atoms with van der Waals surface area (Å²) in [5, 5.41) is 18.3. The topological polar surface area (TPSA) is 115 Å². The Morgan fingerprint density at radius 2 is 2.20 bits per heavy atom. The summed E-state index contributed by atoms with van der Waals surface area (Å²) in [4.78, 5) is 15.7. The number of nitrogens with zero attached hydrogens (tertiary/aromatic N) is 3. The van der Waals surface area contributed by atoms with Crippen LogP contribution in [-0.2, 0) is 33.0 Å². The number of aromatic nitrogens is 3. The van der Waals surface area contributed by atoms with E-state index in [2.05, 4.69) is 15.4 Å². The van der Waals surface area contributed by atoms with E-state index in [1.165, 1.54) is 11.8 Å². The summed E-state index contributed by atoms with van der Waals surface area (Å²) in [6, 6.07) is 9.43. The second-order valence-electron chi connectivity index (χ2n) is 7.53. The van der Waals surface area contributed by atoms with Crippen LogP contribution in [0.25, 0.3) is 0 Å². The molecule has 1 aliphatic heterocycles. The molecule has 2 aromatic heterocycles. The number of aliphatic hydroxyl groups excluding tert-OH is 1. The molecule has 1 aliphatic rings. The van der Waals surface area contributed by atoms with Gasteiger partial charge in [-0.2, -0.15) is 5.10 Å². The Bertz CT molecular complexity index is 1050. The first-order valence-corrected chi connectivity index (χ1v) is 9.87. The van der Waals surface area contributed by atoms with Crippen molar-refractivity contribution in [2.45, 2.75) is 38.1 Å². The Hall–Kier alpha value is -3.23. The van der Waals surface area contributed by atoms with Gasteiger partial charge in [-0.05, 0) is 47.4 Å². The molecule has 0 aliphatic carbocycles. The van der Waals surface area contributed by atoms with Crippen molar-refractivity contribution < 1.29 is 14.6 Å². The molecular formula is C22H25N5O3. The van der Waals surface area contributed by atoms with Crippen LogP contribution in [0.15, 0.2) is 48.9 Å². The predicted octanol–water partition coefficient (Wildman–Crippen LogP) is 1.11. The Labute approximate surface area is 174 Å². The average Bonchev–Trinajstić information content (AvgIpc) is 3.16. The van der Waals surface area contributed by atoms with E-state index in [1.807, 2.05) is 31.3 Å². The van der Waals surface area contributed by atoms with E-state index in [9.17, 15) is 9.90 Å². The van der Waals surface area contributed by atoms with Crippen molar-refractivity contribution in [3.63, 3.8) is 0 Å². The molecule has 0 unspecified atom stereocenters. The van der Waals surface area contributed by atoms with Crippen LogP contribution in [0.5, 0.6) is 5.75 Å². The van der Waals surface area contributed by atoms with Crippen molar-refractivity contribution in [3.05, 3.63) is 76.9 Å². The summed E-state index contributed by atoms with van der Waals surface area (Å²) >= 11 is 0. The summed E-state index contributed by atoms with van der Waals surface area (Å²) in [6.07, 6.45) is 5.20. The van der Waals surface area contributed by atoms with Crippen molar-refractivity contribution in [2.24, 2.45) is 12.8 Å². The normalized spacial score (nSPS) is 16.7. The van der Waals surface area contributed by atoms with Crippen LogP contribution in [0.4, 0.5) is 0 Å². The zero-order chi connectivity index (χ0) is 21.1. The van der Waals surface area contributed by atoms with Gasteiger partial charge in [0, 0.05) is 50.2 Å². The minimum atomic E-state index is -0.666. The Balaban J connectivity index is 1.40. The fourth-order valence-corrected chi connectivity index (χ4v) is 3.78. The maximum Gasteiger partial charge on any atom is 0.249 e. The molecule has 156 valence electrons. The number of carbonyl (C=O) groups excluding carboxylic acids is 1. The highest BCUT2D eigenvalue weighted by Crippen LogP contribution is 2.25. The summed E-state index contributed by atoms with van der Waals surface area (Å²) in [5.41, 5.74) is 9.81. The molecule has 0 spiro atoms. The second-order valence-corrected chi connectivity index (χ2v) is 7.53. The number of benzene rings is 1. The van der Waals surface area contributed by atoms with E-state index in [0.29, 0.717) is 37.1 Å². The maximum atomic E-state index is 11.6. The van der Waals surface area contributed by atoms with Crippen LogP contribution in [0, 0.1) is 0 Å². The number of rotatable bonds is 7. The van der Waals surface area contributed by atoms with Gasteiger partial charge in [0.05, 0.1) is 11.8 Å². The van der Waals surface area contributed by atoms with Crippen molar-refractivity contribution in [3.8, 4) is 5.75 Å². The largest absolute Gasteiger partial charge is 0.487 e. The zero-order valence-corrected chi connectivity index (χ0v) is 16.8. The summed E-state index contributed by atoms with van der Waals surface area (Å²) in [5.74, 6) is 0.289. The van der Waals surface area contributed by atoms with Crippen molar-refractivity contribution in [2.75, 3.05) is 0 Å². The van der Waals surface area contributed by atoms with Crippen LogP contribution in [0.2, 0.25) is 0 Å². The lowest BCUT2D eigenvalue weighted by Gasteiger charge is -2.30. The number of carbonyl (C=O) groups is 1. The lowest BCUT2D eigenvalue weighted by atomic mass is 9.90. The highest BCUT2D eigenvalue weighted by Gasteiger charge is 2.26. The molecule has 30 heavy (non-hydrogen) atoms. The van der Waals surface area contributed by atoms with Gasteiger partial charge in [-0.1, -0.05) is 6.07 Å². The number of nitrogens with one attached hydrogen (secondary N) is 1. The van der Waals surface area contributed by atoms with Gasteiger partial charge < -0.3 is 20.9 Å². The number of ether oxygens (including phenoxy) is 1. The molecule has 0 radical (unpaired) electrons. The summed E-state index contributed by atoms with van der Waals surface area (Å²) in [7, 11) is 1.89. The van der Waals surface area contributed by atoms with E-state index in [4.69, 9.17) is 10.5 Å². The molecule has 4 rings (SSSR count). The number of aryl methyl sites for hydroxylation is 1. The molecule has 0 fully saturated rings. The van der Waals surface area contributed by atoms with E-state index in [-0.39, 0.29) is 6.04 Å². The molecule has 0 saturated heterocycles. The third-order valence-electron chi connectivity index (χ3n) is 5.54. The van der Waals surface area contributed by atoms with E-state index >= 15 is 0 Å². The monoisotopic (exact) mass is 407 g/mol. The Morgan fingerprint density at radius 1 is 1.33 bits per heavy atom. The van der Waals surface area contributed by atoms with Crippen LogP contribution in [-0.4, -0.2) is 37.9 Å². The smallest absolute Gasteiger partial charge is 0.249 e. The molecule has 3 aromatic rings. The van der Waals surface area contributed by atoms with Crippen LogP contribution < -0.4 is 15.8 Å². The number of amides is 1. The van der Waals surface area contributed by atoms with Gasteiger partial charge in [-0.25, -0.2) is 0 Å². The molecule has 0 saturated carbocycles.